The molecule has 1 aliphatic carbocycles. The SMILES string of the molecule is CC1(C)c2c(-c3noc(C4CC4)n3)ncn2-c2ccccc2N1C(N)=O. The first-order valence-electron chi connectivity index (χ1n) is 8.59. The van der Waals surface area contributed by atoms with Crippen molar-refractivity contribution in [3.8, 4) is 17.2 Å². The van der Waals surface area contributed by atoms with Crippen LogP contribution < -0.4 is 10.6 Å². The minimum Gasteiger partial charge on any atom is -0.351 e. The number of imidazole rings is 1. The third kappa shape index (κ3) is 1.95. The second-order valence-corrected chi connectivity index (χ2v) is 7.26. The average Bonchev–Trinajstić information content (AvgIpc) is 3.16. The lowest BCUT2D eigenvalue weighted by Crippen LogP contribution is -2.52. The molecule has 0 bridgehead atoms. The first-order chi connectivity index (χ1) is 12.5. The second-order valence-electron chi connectivity index (χ2n) is 7.26. The summed E-state index contributed by atoms with van der Waals surface area (Å²) in [6, 6.07) is 7.09. The van der Waals surface area contributed by atoms with Gasteiger partial charge >= 0.3 is 6.03 Å². The van der Waals surface area contributed by atoms with E-state index in [9.17, 15) is 4.79 Å². The molecule has 0 unspecified atom stereocenters. The molecule has 2 amide bonds. The van der Waals surface area contributed by atoms with Gasteiger partial charge in [-0.25, -0.2) is 9.78 Å². The molecular weight excluding hydrogens is 332 g/mol. The molecule has 2 aliphatic rings. The third-order valence-corrected chi connectivity index (χ3v) is 5.09. The fraction of sp³-hybridized carbons (Fsp3) is 0.333. The van der Waals surface area contributed by atoms with E-state index in [1.807, 2.05) is 42.7 Å². The molecule has 8 nitrogen and oxygen atoms in total. The molecule has 8 heteroatoms. The normalized spacial score (nSPS) is 17.7. The number of amides is 2. The van der Waals surface area contributed by atoms with Crippen LogP contribution in [0, 0.1) is 0 Å². The maximum atomic E-state index is 12.3. The highest BCUT2D eigenvalue weighted by molar-refractivity contribution is 5.96. The fourth-order valence-electron chi connectivity index (χ4n) is 3.76. The fourth-order valence-corrected chi connectivity index (χ4v) is 3.76. The standard InChI is InChI=1S/C18H18N6O2/c1-18(2)14-13(15-21-16(26-22-15)10-7-8-10)20-9-23(14)11-5-3-4-6-12(11)24(18)17(19)25/h3-6,9-10H,7-8H2,1-2H3,(H2,19,25). The molecule has 26 heavy (non-hydrogen) atoms. The van der Waals surface area contributed by atoms with Gasteiger partial charge in [-0.15, -0.1) is 0 Å². The van der Waals surface area contributed by atoms with Gasteiger partial charge in [-0.1, -0.05) is 17.3 Å². The maximum Gasteiger partial charge on any atom is 0.320 e. The summed E-state index contributed by atoms with van der Waals surface area (Å²) in [6.45, 7) is 3.87. The van der Waals surface area contributed by atoms with Gasteiger partial charge in [0.2, 0.25) is 11.7 Å². The lowest BCUT2D eigenvalue weighted by Gasteiger charge is -2.42. The Morgan fingerprint density at radius 1 is 1.27 bits per heavy atom. The molecule has 0 spiro atoms. The summed E-state index contributed by atoms with van der Waals surface area (Å²) in [4.78, 5) is 22.9. The van der Waals surface area contributed by atoms with E-state index < -0.39 is 11.6 Å². The van der Waals surface area contributed by atoms with Gasteiger partial charge in [0.05, 0.1) is 22.6 Å². The van der Waals surface area contributed by atoms with Crippen LogP contribution >= 0.6 is 0 Å². The predicted molar refractivity (Wildman–Crippen MR) is 93.9 cm³/mol. The Labute approximate surface area is 149 Å². The number of para-hydroxylation sites is 2. The van der Waals surface area contributed by atoms with Gasteiger partial charge in [-0.3, -0.25) is 9.47 Å². The summed E-state index contributed by atoms with van der Waals surface area (Å²) in [5, 5.41) is 4.12. The van der Waals surface area contributed by atoms with Gasteiger partial charge in [-0.05, 0) is 38.8 Å². The Balaban J connectivity index is 1.74. The van der Waals surface area contributed by atoms with Crippen LogP contribution in [0.25, 0.3) is 17.2 Å². The van der Waals surface area contributed by atoms with Crippen molar-refractivity contribution in [2.45, 2.75) is 38.1 Å². The summed E-state index contributed by atoms with van der Waals surface area (Å²) >= 11 is 0. The smallest absolute Gasteiger partial charge is 0.320 e. The van der Waals surface area contributed by atoms with Crippen LogP contribution in [0.3, 0.4) is 0 Å². The van der Waals surface area contributed by atoms with Gasteiger partial charge in [0.15, 0.2) is 0 Å². The topological polar surface area (TPSA) is 103 Å². The minimum absolute atomic E-state index is 0.366. The number of carbonyl (C=O) groups is 1. The Hall–Kier alpha value is -3.16. The van der Waals surface area contributed by atoms with Crippen LogP contribution in [-0.4, -0.2) is 25.7 Å². The number of hydrogen-bond acceptors (Lipinski definition) is 5. The highest BCUT2D eigenvalue weighted by atomic mass is 16.5. The summed E-state index contributed by atoms with van der Waals surface area (Å²) in [6.07, 6.45) is 3.89. The number of nitrogens with zero attached hydrogens (tertiary/aromatic N) is 5. The van der Waals surface area contributed by atoms with Crippen LogP contribution in [0.2, 0.25) is 0 Å². The molecule has 3 aromatic rings. The Kier molecular flexibility index (Phi) is 2.87. The Bertz CT molecular complexity index is 1030. The zero-order valence-electron chi connectivity index (χ0n) is 14.5. The van der Waals surface area contributed by atoms with Crippen molar-refractivity contribution in [3.05, 3.63) is 42.2 Å². The molecule has 1 aliphatic heterocycles. The summed E-state index contributed by atoms with van der Waals surface area (Å²) in [7, 11) is 0. The zero-order chi connectivity index (χ0) is 18.1. The molecule has 0 saturated heterocycles. The third-order valence-electron chi connectivity index (χ3n) is 5.09. The number of benzene rings is 1. The summed E-state index contributed by atoms with van der Waals surface area (Å²) in [5.41, 5.74) is 7.99. The van der Waals surface area contributed by atoms with Crippen molar-refractivity contribution in [3.63, 3.8) is 0 Å². The van der Waals surface area contributed by atoms with Gasteiger partial charge in [-0.2, -0.15) is 4.98 Å². The van der Waals surface area contributed by atoms with E-state index in [0.717, 1.165) is 29.9 Å². The van der Waals surface area contributed by atoms with Crippen molar-refractivity contribution in [2.75, 3.05) is 4.90 Å². The summed E-state index contributed by atoms with van der Waals surface area (Å²) < 4.78 is 7.37. The highest BCUT2D eigenvalue weighted by Crippen LogP contribution is 2.45. The maximum absolute atomic E-state index is 12.3. The first kappa shape index (κ1) is 15.1. The van der Waals surface area contributed by atoms with Crippen LogP contribution in [0.5, 0.6) is 0 Å². The molecule has 0 atom stereocenters. The number of hydrogen-bond donors (Lipinski definition) is 1. The van der Waals surface area contributed by atoms with Crippen LogP contribution in [-0.2, 0) is 5.54 Å². The Morgan fingerprint density at radius 3 is 2.69 bits per heavy atom. The van der Waals surface area contributed by atoms with Gasteiger partial charge in [0.25, 0.3) is 0 Å². The van der Waals surface area contributed by atoms with Crippen molar-refractivity contribution in [1.82, 2.24) is 19.7 Å². The van der Waals surface area contributed by atoms with Gasteiger partial charge < -0.3 is 10.3 Å². The van der Waals surface area contributed by atoms with Crippen LogP contribution in [0.15, 0.2) is 35.1 Å². The van der Waals surface area contributed by atoms with E-state index >= 15 is 0 Å². The average molecular weight is 350 g/mol. The number of urea groups is 1. The number of primary amides is 1. The molecule has 2 N–H and O–H groups in total. The Morgan fingerprint density at radius 2 is 2.00 bits per heavy atom. The van der Waals surface area contributed by atoms with E-state index in [1.54, 1.807) is 11.2 Å². The molecule has 2 aromatic heterocycles. The molecule has 5 rings (SSSR count). The monoisotopic (exact) mass is 350 g/mol. The van der Waals surface area contributed by atoms with Crippen LogP contribution in [0.1, 0.15) is 44.2 Å². The number of carbonyl (C=O) groups excluding carboxylic acids is 1. The predicted octanol–water partition coefficient (Wildman–Crippen LogP) is 2.93. The quantitative estimate of drug-likeness (QED) is 0.765. The summed E-state index contributed by atoms with van der Waals surface area (Å²) in [5.74, 6) is 1.46. The molecule has 1 aromatic carbocycles. The minimum atomic E-state index is -0.730. The van der Waals surface area contributed by atoms with Crippen molar-refractivity contribution in [2.24, 2.45) is 5.73 Å². The number of anilines is 1. The lowest BCUT2D eigenvalue weighted by molar-refractivity contribution is 0.246. The number of fused-ring (bicyclic) bond motifs is 3. The number of aromatic nitrogens is 4. The molecule has 1 fully saturated rings. The van der Waals surface area contributed by atoms with E-state index in [2.05, 4.69) is 15.1 Å². The van der Waals surface area contributed by atoms with E-state index in [0.29, 0.717) is 23.3 Å². The lowest BCUT2D eigenvalue weighted by atomic mass is 9.92. The largest absolute Gasteiger partial charge is 0.351 e. The van der Waals surface area contributed by atoms with Gasteiger partial charge in [0, 0.05) is 5.92 Å². The van der Waals surface area contributed by atoms with Crippen LogP contribution in [0.4, 0.5) is 10.5 Å². The molecule has 3 heterocycles. The molecule has 132 valence electrons. The highest BCUT2D eigenvalue weighted by Gasteiger charge is 2.44. The van der Waals surface area contributed by atoms with Crippen molar-refractivity contribution in [1.29, 1.82) is 0 Å². The van der Waals surface area contributed by atoms with Gasteiger partial charge in [0.1, 0.15) is 12.0 Å². The molecule has 1 saturated carbocycles. The van der Waals surface area contributed by atoms with Crippen molar-refractivity contribution < 1.29 is 9.32 Å². The van der Waals surface area contributed by atoms with Crippen molar-refractivity contribution >= 4 is 11.7 Å². The number of rotatable bonds is 2. The number of nitrogens with two attached hydrogens (primary N) is 1. The zero-order valence-corrected chi connectivity index (χ0v) is 14.5. The molecule has 0 radical (unpaired) electrons. The first-order valence-corrected chi connectivity index (χ1v) is 8.59. The van der Waals surface area contributed by atoms with E-state index in [-0.39, 0.29) is 0 Å². The van der Waals surface area contributed by atoms with E-state index in [1.165, 1.54) is 0 Å². The van der Waals surface area contributed by atoms with E-state index in [4.69, 9.17) is 10.3 Å². The second kappa shape index (κ2) is 4.94. The molecular formula is C18H18N6O2.